The van der Waals surface area contributed by atoms with E-state index < -0.39 is 0 Å². The van der Waals surface area contributed by atoms with Gasteiger partial charge in [0, 0.05) is 19.5 Å². The van der Waals surface area contributed by atoms with Crippen molar-refractivity contribution in [2.24, 2.45) is 23.7 Å². The molecule has 0 radical (unpaired) electrons. The van der Waals surface area contributed by atoms with Gasteiger partial charge in [-0.15, -0.1) is 0 Å². The minimum atomic E-state index is -0.243. The first-order chi connectivity index (χ1) is 12.1. The van der Waals surface area contributed by atoms with Crippen molar-refractivity contribution in [2.75, 3.05) is 26.3 Å². The maximum Gasteiger partial charge on any atom is 0.309 e. The average molecular weight is 351 g/mol. The molecule has 2 saturated carbocycles. The molecule has 1 aliphatic heterocycles. The lowest BCUT2D eigenvalue weighted by Gasteiger charge is -2.30. The molecule has 6 nitrogen and oxygen atoms in total. The SMILES string of the molecule is CCOC(=O)C1CCN(C(=O)COC(=O)C[C@H]2C[C@@H]3CC[C@H]2C3)CC1. The average Bonchev–Trinajstić information content (AvgIpc) is 3.23. The van der Waals surface area contributed by atoms with Gasteiger partial charge in [-0.2, -0.15) is 0 Å². The summed E-state index contributed by atoms with van der Waals surface area (Å²) in [5.74, 6) is 1.26. The molecule has 0 spiro atoms. The summed E-state index contributed by atoms with van der Waals surface area (Å²) in [4.78, 5) is 37.6. The predicted octanol–water partition coefficient (Wildman–Crippen LogP) is 2.16. The molecule has 1 saturated heterocycles. The van der Waals surface area contributed by atoms with Gasteiger partial charge in [0.15, 0.2) is 6.61 Å². The van der Waals surface area contributed by atoms with Gasteiger partial charge in [-0.05, 0) is 56.8 Å². The fraction of sp³-hybridized carbons (Fsp3) is 0.842. The van der Waals surface area contributed by atoms with Crippen LogP contribution >= 0.6 is 0 Å². The monoisotopic (exact) mass is 351 g/mol. The number of nitrogens with zero attached hydrogens (tertiary/aromatic N) is 1. The number of hydrogen-bond donors (Lipinski definition) is 0. The zero-order valence-corrected chi connectivity index (χ0v) is 15.1. The summed E-state index contributed by atoms with van der Waals surface area (Å²) >= 11 is 0. The van der Waals surface area contributed by atoms with Crippen molar-refractivity contribution in [3.05, 3.63) is 0 Å². The van der Waals surface area contributed by atoms with Gasteiger partial charge in [0.2, 0.25) is 0 Å². The third-order valence-electron chi connectivity index (χ3n) is 6.14. The number of carbonyl (C=O) groups is 3. The number of esters is 2. The van der Waals surface area contributed by atoms with Gasteiger partial charge in [-0.25, -0.2) is 0 Å². The van der Waals surface area contributed by atoms with Crippen molar-refractivity contribution in [3.8, 4) is 0 Å². The molecule has 1 amide bonds. The largest absolute Gasteiger partial charge is 0.466 e. The Hall–Kier alpha value is -1.59. The summed E-state index contributed by atoms with van der Waals surface area (Å²) in [5, 5.41) is 0. The van der Waals surface area contributed by atoms with E-state index >= 15 is 0 Å². The van der Waals surface area contributed by atoms with Crippen LogP contribution < -0.4 is 0 Å². The molecule has 25 heavy (non-hydrogen) atoms. The Balaban J connectivity index is 1.34. The van der Waals surface area contributed by atoms with E-state index in [9.17, 15) is 14.4 Å². The molecule has 3 fully saturated rings. The van der Waals surface area contributed by atoms with Crippen LogP contribution in [0.15, 0.2) is 0 Å². The Kier molecular flexibility index (Phi) is 5.97. The Bertz CT molecular complexity index is 512. The van der Waals surface area contributed by atoms with Crippen LogP contribution in [0.3, 0.4) is 0 Å². The normalized spacial score (nSPS) is 28.8. The molecule has 6 heteroatoms. The first kappa shape index (κ1) is 18.2. The quantitative estimate of drug-likeness (QED) is 0.686. The molecule has 2 bridgehead atoms. The molecule has 0 N–H and O–H groups in total. The molecule has 0 aromatic rings. The fourth-order valence-electron chi connectivity index (χ4n) is 4.76. The highest BCUT2D eigenvalue weighted by atomic mass is 16.5. The van der Waals surface area contributed by atoms with Crippen LogP contribution in [0.2, 0.25) is 0 Å². The van der Waals surface area contributed by atoms with E-state index in [0.717, 1.165) is 12.3 Å². The second-order valence-corrected chi connectivity index (χ2v) is 7.71. The standard InChI is InChI=1S/C19H29NO5/c1-2-24-19(23)14-5-7-20(8-6-14)17(21)12-25-18(22)11-16-10-13-3-4-15(16)9-13/h13-16H,2-12H2,1H3/t13-,15+,16-/m1/s1. The molecule has 0 unspecified atom stereocenters. The highest BCUT2D eigenvalue weighted by Gasteiger charge is 2.40. The number of fused-ring (bicyclic) bond motifs is 2. The number of carbonyl (C=O) groups excluding carboxylic acids is 3. The second-order valence-electron chi connectivity index (χ2n) is 7.71. The topological polar surface area (TPSA) is 72.9 Å². The molecule has 1 heterocycles. The Morgan fingerprint density at radius 2 is 1.76 bits per heavy atom. The Morgan fingerprint density at radius 3 is 2.36 bits per heavy atom. The minimum Gasteiger partial charge on any atom is -0.466 e. The van der Waals surface area contributed by atoms with Crippen molar-refractivity contribution in [1.29, 1.82) is 0 Å². The van der Waals surface area contributed by atoms with Gasteiger partial charge >= 0.3 is 11.9 Å². The third kappa shape index (κ3) is 4.53. The molecule has 0 aromatic carbocycles. The van der Waals surface area contributed by atoms with Crippen LogP contribution in [0, 0.1) is 23.7 Å². The third-order valence-corrected chi connectivity index (χ3v) is 6.14. The van der Waals surface area contributed by atoms with Gasteiger partial charge in [-0.3, -0.25) is 14.4 Å². The van der Waals surface area contributed by atoms with E-state index in [1.807, 2.05) is 0 Å². The van der Waals surface area contributed by atoms with Crippen LogP contribution in [0.5, 0.6) is 0 Å². The van der Waals surface area contributed by atoms with Crippen LogP contribution in [0.25, 0.3) is 0 Å². The zero-order valence-electron chi connectivity index (χ0n) is 15.1. The van der Waals surface area contributed by atoms with Crippen LogP contribution in [0.4, 0.5) is 0 Å². The number of piperidine rings is 1. The van der Waals surface area contributed by atoms with E-state index in [1.165, 1.54) is 19.3 Å². The molecule has 3 atom stereocenters. The van der Waals surface area contributed by atoms with E-state index in [2.05, 4.69) is 0 Å². The smallest absolute Gasteiger partial charge is 0.309 e. The number of likely N-dealkylation sites (tertiary alicyclic amines) is 1. The van der Waals surface area contributed by atoms with Gasteiger partial charge in [0.1, 0.15) is 0 Å². The summed E-state index contributed by atoms with van der Waals surface area (Å²) in [6, 6.07) is 0. The molecule has 2 aliphatic carbocycles. The van der Waals surface area contributed by atoms with Gasteiger partial charge in [0.05, 0.1) is 12.5 Å². The lowest BCUT2D eigenvalue weighted by atomic mass is 9.86. The van der Waals surface area contributed by atoms with E-state index in [0.29, 0.717) is 50.8 Å². The lowest BCUT2D eigenvalue weighted by molar-refractivity contribution is -0.155. The minimum absolute atomic E-state index is 0.121. The van der Waals surface area contributed by atoms with Crippen LogP contribution in [0.1, 0.15) is 51.9 Å². The van der Waals surface area contributed by atoms with Gasteiger partial charge in [0.25, 0.3) is 5.91 Å². The number of ether oxygens (including phenoxy) is 2. The highest BCUT2D eigenvalue weighted by molar-refractivity contribution is 5.81. The lowest BCUT2D eigenvalue weighted by Crippen LogP contribution is -2.42. The fourth-order valence-corrected chi connectivity index (χ4v) is 4.76. The predicted molar refractivity (Wildman–Crippen MR) is 90.5 cm³/mol. The summed E-state index contributed by atoms with van der Waals surface area (Å²) in [6.45, 7) is 3.04. The molecule has 140 valence electrons. The molecule has 3 rings (SSSR count). The highest BCUT2D eigenvalue weighted by Crippen LogP contribution is 2.49. The van der Waals surface area contributed by atoms with Crippen LogP contribution in [-0.2, 0) is 23.9 Å². The summed E-state index contributed by atoms with van der Waals surface area (Å²) in [7, 11) is 0. The number of hydrogen-bond acceptors (Lipinski definition) is 5. The number of amides is 1. The van der Waals surface area contributed by atoms with Gasteiger partial charge < -0.3 is 14.4 Å². The molecule has 3 aliphatic rings. The summed E-state index contributed by atoms with van der Waals surface area (Å²) in [6.07, 6.45) is 6.67. The summed E-state index contributed by atoms with van der Waals surface area (Å²) < 4.78 is 10.2. The molecule has 0 aromatic heterocycles. The van der Waals surface area contributed by atoms with Crippen molar-refractivity contribution >= 4 is 17.8 Å². The Morgan fingerprint density at radius 1 is 1.00 bits per heavy atom. The van der Waals surface area contributed by atoms with Gasteiger partial charge in [-0.1, -0.05) is 6.42 Å². The van der Waals surface area contributed by atoms with Crippen molar-refractivity contribution in [2.45, 2.75) is 51.9 Å². The zero-order chi connectivity index (χ0) is 17.8. The maximum absolute atomic E-state index is 12.2. The summed E-state index contributed by atoms with van der Waals surface area (Å²) in [5.41, 5.74) is 0. The first-order valence-electron chi connectivity index (χ1n) is 9.66. The maximum atomic E-state index is 12.2. The molecular weight excluding hydrogens is 322 g/mol. The van der Waals surface area contributed by atoms with E-state index in [4.69, 9.17) is 9.47 Å². The Labute approximate surface area is 149 Å². The van der Waals surface area contributed by atoms with E-state index in [1.54, 1.807) is 11.8 Å². The van der Waals surface area contributed by atoms with Crippen molar-refractivity contribution in [1.82, 2.24) is 4.90 Å². The van der Waals surface area contributed by atoms with Crippen molar-refractivity contribution in [3.63, 3.8) is 0 Å². The van der Waals surface area contributed by atoms with Crippen molar-refractivity contribution < 1.29 is 23.9 Å². The molecular formula is C19H29NO5. The van der Waals surface area contributed by atoms with Crippen LogP contribution in [-0.4, -0.2) is 49.0 Å². The number of rotatable bonds is 6. The van der Waals surface area contributed by atoms with E-state index in [-0.39, 0.29) is 30.4 Å². The second kappa shape index (κ2) is 8.19. The first-order valence-corrected chi connectivity index (χ1v) is 9.66.